The van der Waals surface area contributed by atoms with Crippen molar-refractivity contribution in [1.29, 1.82) is 0 Å². The number of hydrogen-bond acceptors (Lipinski definition) is 4. The van der Waals surface area contributed by atoms with Crippen molar-refractivity contribution in [3.05, 3.63) is 24.3 Å². The number of carbonyl (C=O) groups excluding carboxylic acids is 1. The molecule has 1 aromatic carbocycles. The lowest BCUT2D eigenvalue weighted by molar-refractivity contribution is -0.139. The van der Waals surface area contributed by atoms with Gasteiger partial charge in [-0.3, -0.25) is 9.59 Å². The molecule has 2 rings (SSSR count). The van der Waals surface area contributed by atoms with Crippen LogP contribution in [0.15, 0.2) is 29.2 Å². The highest BCUT2D eigenvalue weighted by molar-refractivity contribution is 7.99. The third-order valence-corrected chi connectivity index (χ3v) is 5.13. The van der Waals surface area contributed by atoms with Crippen molar-refractivity contribution in [1.82, 2.24) is 5.32 Å². The van der Waals surface area contributed by atoms with Gasteiger partial charge in [-0.05, 0) is 37.1 Å². The second kappa shape index (κ2) is 8.24. The van der Waals surface area contributed by atoms with Gasteiger partial charge in [-0.1, -0.05) is 12.8 Å². The van der Waals surface area contributed by atoms with Crippen LogP contribution in [0, 0.1) is 0 Å². The Balaban J connectivity index is 1.78. The minimum Gasteiger partial charge on any atom is -0.497 e. The van der Waals surface area contributed by atoms with Gasteiger partial charge in [0.25, 0.3) is 0 Å². The molecular weight excluding hydrogens is 314 g/mol. The molecule has 1 amide bonds. The summed E-state index contributed by atoms with van der Waals surface area (Å²) in [4.78, 5) is 24.2. The van der Waals surface area contributed by atoms with E-state index in [0.29, 0.717) is 12.2 Å². The van der Waals surface area contributed by atoms with Gasteiger partial charge in [-0.25, -0.2) is 0 Å². The molecule has 0 aliphatic heterocycles. The monoisotopic (exact) mass is 337 g/mol. The Hall–Kier alpha value is -1.69. The fourth-order valence-electron chi connectivity index (χ4n) is 2.98. The topological polar surface area (TPSA) is 75.6 Å². The van der Waals surface area contributed by atoms with Gasteiger partial charge in [-0.2, -0.15) is 0 Å². The van der Waals surface area contributed by atoms with E-state index in [2.05, 4.69) is 5.32 Å². The van der Waals surface area contributed by atoms with Gasteiger partial charge in [0.2, 0.25) is 5.91 Å². The molecule has 0 unspecified atom stereocenters. The first-order valence-corrected chi connectivity index (χ1v) is 8.81. The Morgan fingerprint density at radius 1 is 1.26 bits per heavy atom. The quantitative estimate of drug-likeness (QED) is 0.713. The fourth-order valence-corrected chi connectivity index (χ4v) is 3.83. The zero-order valence-corrected chi connectivity index (χ0v) is 14.2. The van der Waals surface area contributed by atoms with E-state index in [-0.39, 0.29) is 12.3 Å². The largest absolute Gasteiger partial charge is 0.497 e. The Bertz CT molecular complexity index is 538. The van der Waals surface area contributed by atoms with Crippen LogP contribution in [0.2, 0.25) is 0 Å². The maximum atomic E-state index is 12.1. The van der Waals surface area contributed by atoms with Gasteiger partial charge in [-0.15, -0.1) is 11.8 Å². The van der Waals surface area contributed by atoms with Gasteiger partial charge in [0.05, 0.1) is 19.1 Å². The average Bonchev–Trinajstić information content (AvgIpc) is 2.95. The number of amides is 1. The average molecular weight is 337 g/mol. The normalized spacial score (nSPS) is 16.0. The predicted molar refractivity (Wildman–Crippen MR) is 89.9 cm³/mol. The van der Waals surface area contributed by atoms with Crippen molar-refractivity contribution in [2.24, 2.45) is 0 Å². The molecule has 0 aromatic heterocycles. The zero-order chi connectivity index (χ0) is 16.7. The maximum Gasteiger partial charge on any atom is 0.305 e. The van der Waals surface area contributed by atoms with Crippen LogP contribution in [0.4, 0.5) is 0 Å². The summed E-state index contributed by atoms with van der Waals surface area (Å²) < 4.78 is 5.11. The molecule has 0 radical (unpaired) electrons. The fraction of sp³-hybridized carbons (Fsp3) is 0.529. The lowest BCUT2D eigenvalue weighted by Crippen LogP contribution is -2.47. The summed E-state index contributed by atoms with van der Waals surface area (Å²) in [5.41, 5.74) is -0.534. The number of carboxylic acid groups (broad SMARTS) is 1. The van der Waals surface area contributed by atoms with E-state index in [0.717, 1.165) is 36.3 Å². The van der Waals surface area contributed by atoms with E-state index in [9.17, 15) is 9.59 Å². The Morgan fingerprint density at radius 2 is 1.91 bits per heavy atom. The molecule has 2 N–H and O–H groups in total. The van der Waals surface area contributed by atoms with Gasteiger partial charge in [0.15, 0.2) is 0 Å². The van der Waals surface area contributed by atoms with Crippen LogP contribution in [0.25, 0.3) is 0 Å². The lowest BCUT2D eigenvalue weighted by Gasteiger charge is -2.28. The minimum atomic E-state index is -0.847. The highest BCUT2D eigenvalue weighted by atomic mass is 32.2. The predicted octanol–water partition coefficient (Wildman–Crippen LogP) is 3.08. The first kappa shape index (κ1) is 17.7. The number of hydrogen-bond donors (Lipinski definition) is 2. The van der Waals surface area contributed by atoms with E-state index in [1.807, 2.05) is 24.3 Å². The third kappa shape index (κ3) is 5.46. The van der Waals surface area contributed by atoms with Gasteiger partial charge < -0.3 is 15.2 Å². The third-order valence-electron chi connectivity index (χ3n) is 4.11. The molecule has 0 heterocycles. The number of thioether (sulfide) groups is 1. The number of carbonyl (C=O) groups is 2. The highest BCUT2D eigenvalue weighted by Crippen LogP contribution is 2.33. The van der Waals surface area contributed by atoms with Crippen molar-refractivity contribution >= 4 is 23.6 Å². The molecule has 0 saturated heterocycles. The molecule has 5 nitrogen and oxygen atoms in total. The van der Waals surface area contributed by atoms with Crippen molar-refractivity contribution in [2.45, 2.75) is 49.0 Å². The minimum absolute atomic E-state index is 0.0182. The molecule has 23 heavy (non-hydrogen) atoms. The smallest absolute Gasteiger partial charge is 0.305 e. The van der Waals surface area contributed by atoms with E-state index < -0.39 is 11.5 Å². The lowest BCUT2D eigenvalue weighted by atomic mass is 9.93. The van der Waals surface area contributed by atoms with E-state index in [1.165, 1.54) is 0 Å². The Labute approximate surface area is 140 Å². The van der Waals surface area contributed by atoms with Crippen molar-refractivity contribution < 1.29 is 19.4 Å². The Kier molecular flexibility index (Phi) is 6.33. The van der Waals surface area contributed by atoms with Gasteiger partial charge >= 0.3 is 5.97 Å². The van der Waals surface area contributed by atoms with E-state index in [4.69, 9.17) is 9.84 Å². The standard InChI is InChI=1S/C17H23NO4S/c1-22-13-4-6-14(7-5-13)23-11-8-15(19)18-17(12-16(20)21)9-2-3-10-17/h4-7H,2-3,8-12H2,1H3,(H,18,19)(H,20,21). The number of methoxy groups -OCH3 is 1. The molecule has 1 saturated carbocycles. The molecule has 1 aliphatic carbocycles. The van der Waals surface area contributed by atoms with Crippen LogP contribution < -0.4 is 10.1 Å². The van der Waals surface area contributed by atoms with Crippen LogP contribution >= 0.6 is 11.8 Å². The van der Waals surface area contributed by atoms with Crippen LogP contribution in [0.3, 0.4) is 0 Å². The summed E-state index contributed by atoms with van der Waals surface area (Å²) in [6.07, 6.45) is 3.89. The molecule has 6 heteroatoms. The van der Waals surface area contributed by atoms with Crippen LogP contribution in [-0.4, -0.2) is 35.4 Å². The number of ether oxygens (including phenoxy) is 1. The molecule has 126 valence electrons. The number of aliphatic carboxylic acids is 1. The zero-order valence-electron chi connectivity index (χ0n) is 13.3. The van der Waals surface area contributed by atoms with Gasteiger partial charge in [0.1, 0.15) is 5.75 Å². The number of carboxylic acids is 1. The number of benzene rings is 1. The van der Waals surface area contributed by atoms with Crippen molar-refractivity contribution in [3.8, 4) is 5.75 Å². The summed E-state index contributed by atoms with van der Waals surface area (Å²) in [7, 11) is 1.63. The Morgan fingerprint density at radius 3 is 2.48 bits per heavy atom. The SMILES string of the molecule is COc1ccc(SCCC(=O)NC2(CC(=O)O)CCCC2)cc1. The van der Waals surface area contributed by atoms with Gasteiger partial charge in [0, 0.05) is 17.1 Å². The molecule has 1 aliphatic rings. The summed E-state index contributed by atoms with van der Waals surface area (Å²) in [6, 6.07) is 7.71. The summed E-state index contributed by atoms with van der Waals surface area (Å²) in [5, 5.41) is 12.0. The molecule has 0 bridgehead atoms. The molecular formula is C17H23NO4S. The molecule has 0 atom stereocenters. The van der Waals surface area contributed by atoms with Crippen LogP contribution in [0.5, 0.6) is 5.75 Å². The van der Waals surface area contributed by atoms with E-state index in [1.54, 1.807) is 18.9 Å². The number of nitrogens with one attached hydrogen (secondary N) is 1. The molecule has 0 spiro atoms. The molecule has 1 aromatic rings. The number of rotatable bonds is 8. The summed E-state index contributed by atoms with van der Waals surface area (Å²) >= 11 is 1.61. The van der Waals surface area contributed by atoms with Crippen LogP contribution in [-0.2, 0) is 9.59 Å². The van der Waals surface area contributed by atoms with Crippen molar-refractivity contribution in [3.63, 3.8) is 0 Å². The second-order valence-electron chi connectivity index (χ2n) is 5.88. The van der Waals surface area contributed by atoms with Crippen molar-refractivity contribution in [2.75, 3.05) is 12.9 Å². The maximum absolute atomic E-state index is 12.1. The first-order chi connectivity index (χ1) is 11.0. The highest BCUT2D eigenvalue weighted by Gasteiger charge is 2.37. The molecule has 1 fully saturated rings. The summed E-state index contributed by atoms with van der Waals surface area (Å²) in [6.45, 7) is 0. The first-order valence-electron chi connectivity index (χ1n) is 7.83. The van der Waals surface area contributed by atoms with E-state index >= 15 is 0 Å². The summed E-state index contributed by atoms with van der Waals surface area (Å²) in [5.74, 6) is 0.569. The second-order valence-corrected chi connectivity index (χ2v) is 7.05. The van der Waals surface area contributed by atoms with Crippen LogP contribution in [0.1, 0.15) is 38.5 Å².